The fraction of sp³-hybridized carbons (Fsp3) is 0.143. The zero-order valence-corrected chi connectivity index (χ0v) is 9.85. The second-order valence-corrected chi connectivity index (χ2v) is 3.77. The largest absolute Gasteiger partial charge is 0.573 e. The molecule has 0 aliphatic rings. The number of para-hydroxylation sites is 2. The van der Waals surface area contributed by atoms with Crippen LogP contribution in [0.4, 0.5) is 13.2 Å². The third-order valence-electron chi connectivity index (χ3n) is 2.31. The Morgan fingerprint density at radius 2 is 1.37 bits per heavy atom. The van der Waals surface area contributed by atoms with E-state index in [1.165, 1.54) is 18.2 Å². The van der Waals surface area contributed by atoms with Crippen molar-refractivity contribution in [2.75, 3.05) is 0 Å². The van der Waals surface area contributed by atoms with Crippen LogP contribution in [0.15, 0.2) is 54.6 Å². The highest BCUT2D eigenvalue weighted by atomic mass is 19.4. The lowest BCUT2D eigenvalue weighted by molar-refractivity contribution is -0.275. The van der Waals surface area contributed by atoms with E-state index in [1.54, 1.807) is 6.07 Å². The molecule has 0 fully saturated rings. The zero-order valence-electron chi connectivity index (χ0n) is 9.85. The summed E-state index contributed by atoms with van der Waals surface area (Å²) in [5.41, 5.74) is 0.865. The van der Waals surface area contributed by atoms with Gasteiger partial charge >= 0.3 is 6.36 Å². The van der Waals surface area contributed by atoms with E-state index >= 15 is 0 Å². The molecule has 100 valence electrons. The number of rotatable bonds is 4. The van der Waals surface area contributed by atoms with E-state index in [4.69, 9.17) is 4.74 Å². The lowest BCUT2D eigenvalue weighted by Gasteiger charge is -2.13. The Bertz CT molecular complexity index is 524. The van der Waals surface area contributed by atoms with Crippen molar-refractivity contribution in [1.82, 2.24) is 0 Å². The van der Waals surface area contributed by atoms with Crippen LogP contribution in [-0.4, -0.2) is 6.36 Å². The molecule has 0 aliphatic carbocycles. The molecule has 0 aliphatic heterocycles. The summed E-state index contributed by atoms with van der Waals surface area (Å²) in [7, 11) is 0. The van der Waals surface area contributed by atoms with E-state index in [1.807, 2.05) is 30.3 Å². The van der Waals surface area contributed by atoms with E-state index in [0.29, 0.717) is 0 Å². The van der Waals surface area contributed by atoms with Crippen molar-refractivity contribution < 1.29 is 22.6 Å². The van der Waals surface area contributed by atoms with E-state index in [9.17, 15) is 13.2 Å². The number of halogens is 3. The van der Waals surface area contributed by atoms with Crippen LogP contribution in [0.2, 0.25) is 0 Å². The van der Waals surface area contributed by atoms with Crippen LogP contribution in [0.25, 0.3) is 0 Å². The van der Waals surface area contributed by atoms with E-state index < -0.39 is 6.36 Å². The van der Waals surface area contributed by atoms with Crippen LogP contribution in [0.3, 0.4) is 0 Å². The molecule has 0 saturated carbocycles. The number of hydrogen-bond donors (Lipinski definition) is 0. The molecule has 0 spiro atoms. The first-order chi connectivity index (χ1) is 9.04. The number of benzene rings is 2. The summed E-state index contributed by atoms with van der Waals surface area (Å²) in [6.07, 6.45) is -4.73. The smallest absolute Gasteiger partial charge is 0.485 e. The fourth-order valence-electron chi connectivity index (χ4n) is 1.51. The first-order valence-electron chi connectivity index (χ1n) is 5.56. The molecule has 2 aromatic carbocycles. The van der Waals surface area contributed by atoms with Gasteiger partial charge in [0.2, 0.25) is 0 Å². The molecule has 19 heavy (non-hydrogen) atoms. The lowest BCUT2D eigenvalue weighted by atomic mass is 10.2. The van der Waals surface area contributed by atoms with Gasteiger partial charge in [-0.25, -0.2) is 0 Å². The van der Waals surface area contributed by atoms with Crippen molar-refractivity contribution in [3.63, 3.8) is 0 Å². The molecule has 5 heteroatoms. The number of alkyl halides is 3. The summed E-state index contributed by atoms with van der Waals surface area (Å²) in [6.45, 7) is 0.180. The van der Waals surface area contributed by atoms with Crippen LogP contribution >= 0.6 is 0 Å². The zero-order chi connectivity index (χ0) is 13.7. The first kappa shape index (κ1) is 13.3. The molecule has 0 radical (unpaired) electrons. The topological polar surface area (TPSA) is 18.5 Å². The van der Waals surface area contributed by atoms with Gasteiger partial charge in [0.05, 0.1) is 0 Å². The molecule has 0 amide bonds. The Hall–Kier alpha value is -2.17. The quantitative estimate of drug-likeness (QED) is 0.828. The predicted molar refractivity (Wildman–Crippen MR) is 63.9 cm³/mol. The highest BCUT2D eigenvalue weighted by molar-refractivity contribution is 5.39. The maximum Gasteiger partial charge on any atom is 0.573 e. The third kappa shape index (κ3) is 4.21. The van der Waals surface area contributed by atoms with Crippen LogP contribution in [0.5, 0.6) is 11.5 Å². The van der Waals surface area contributed by atoms with Gasteiger partial charge in [-0.1, -0.05) is 42.5 Å². The maximum absolute atomic E-state index is 12.2. The van der Waals surface area contributed by atoms with Gasteiger partial charge < -0.3 is 9.47 Å². The molecule has 0 atom stereocenters. The molecule has 0 unspecified atom stereocenters. The Morgan fingerprint density at radius 3 is 2.00 bits per heavy atom. The maximum atomic E-state index is 12.2. The van der Waals surface area contributed by atoms with E-state index in [-0.39, 0.29) is 18.1 Å². The van der Waals surface area contributed by atoms with Crippen molar-refractivity contribution >= 4 is 0 Å². The van der Waals surface area contributed by atoms with Crippen LogP contribution in [0, 0.1) is 0 Å². The summed E-state index contributed by atoms with van der Waals surface area (Å²) in [5, 5.41) is 0. The Kier molecular flexibility index (Phi) is 3.94. The van der Waals surface area contributed by atoms with Crippen LogP contribution < -0.4 is 9.47 Å². The second-order valence-electron chi connectivity index (χ2n) is 3.77. The molecule has 2 aromatic rings. The predicted octanol–water partition coefficient (Wildman–Crippen LogP) is 4.16. The fourth-order valence-corrected chi connectivity index (χ4v) is 1.51. The third-order valence-corrected chi connectivity index (χ3v) is 2.31. The highest BCUT2D eigenvalue weighted by Crippen LogP contribution is 2.32. The first-order valence-corrected chi connectivity index (χ1v) is 5.56. The van der Waals surface area contributed by atoms with Crippen LogP contribution in [0.1, 0.15) is 5.56 Å². The summed E-state index contributed by atoms with van der Waals surface area (Å²) in [4.78, 5) is 0. The normalized spacial score (nSPS) is 11.1. The molecular formula is C14H11F3O2. The minimum atomic E-state index is -4.73. The van der Waals surface area contributed by atoms with Crippen LogP contribution in [-0.2, 0) is 6.61 Å². The SMILES string of the molecule is FC(F)(F)Oc1ccccc1OCc1ccccc1. The lowest BCUT2D eigenvalue weighted by Crippen LogP contribution is -2.17. The van der Waals surface area contributed by atoms with Gasteiger partial charge in [-0.3, -0.25) is 0 Å². The molecule has 0 bridgehead atoms. The number of ether oxygens (including phenoxy) is 2. The molecule has 2 rings (SSSR count). The van der Waals surface area contributed by atoms with Crippen molar-refractivity contribution in [2.24, 2.45) is 0 Å². The summed E-state index contributed by atoms with van der Waals surface area (Å²) in [6, 6.07) is 14.9. The van der Waals surface area contributed by atoms with Crippen molar-refractivity contribution in [2.45, 2.75) is 13.0 Å². The Labute approximate surface area is 108 Å². The molecule has 0 N–H and O–H groups in total. The van der Waals surface area contributed by atoms with Gasteiger partial charge in [-0.15, -0.1) is 13.2 Å². The highest BCUT2D eigenvalue weighted by Gasteiger charge is 2.32. The summed E-state index contributed by atoms with van der Waals surface area (Å²) in [5.74, 6) is -0.283. The average Bonchev–Trinajstić information content (AvgIpc) is 2.37. The van der Waals surface area contributed by atoms with Gasteiger partial charge in [0.15, 0.2) is 11.5 Å². The van der Waals surface area contributed by atoms with Gasteiger partial charge in [0.25, 0.3) is 0 Å². The van der Waals surface area contributed by atoms with E-state index in [0.717, 1.165) is 5.56 Å². The summed E-state index contributed by atoms with van der Waals surface area (Å²) < 4.78 is 45.9. The van der Waals surface area contributed by atoms with Gasteiger partial charge in [-0.05, 0) is 17.7 Å². The Morgan fingerprint density at radius 1 is 0.789 bits per heavy atom. The van der Waals surface area contributed by atoms with E-state index in [2.05, 4.69) is 4.74 Å². The van der Waals surface area contributed by atoms with Gasteiger partial charge in [-0.2, -0.15) is 0 Å². The minimum Gasteiger partial charge on any atom is -0.485 e. The molecule has 0 saturated heterocycles. The van der Waals surface area contributed by atoms with Gasteiger partial charge in [0, 0.05) is 0 Å². The molecule has 0 aromatic heterocycles. The molecule has 2 nitrogen and oxygen atoms in total. The standard InChI is InChI=1S/C14H11F3O2/c15-14(16,17)19-13-9-5-4-8-12(13)18-10-11-6-2-1-3-7-11/h1-9H,10H2. The average molecular weight is 268 g/mol. The Balaban J connectivity index is 2.08. The minimum absolute atomic E-state index is 0.0590. The summed E-state index contributed by atoms with van der Waals surface area (Å²) >= 11 is 0. The van der Waals surface area contributed by atoms with Crippen molar-refractivity contribution in [1.29, 1.82) is 0 Å². The van der Waals surface area contributed by atoms with Gasteiger partial charge in [0.1, 0.15) is 6.61 Å². The monoisotopic (exact) mass is 268 g/mol. The van der Waals surface area contributed by atoms with Crippen molar-refractivity contribution in [3.05, 3.63) is 60.2 Å². The molecular weight excluding hydrogens is 257 g/mol. The molecule has 0 heterocycles. The second kappa shape index (κ2) is 5.65. The van der Waals surface area contributed by atoms with Crippen molar-refractivity contribution in [3.8, 4) is 11.5 Å². The number of hydrogen-bond acceptors (Lipinski definition) is 2.